The molecule has 128 valence electrons. The molecule has 2 nitrogen and oxygen atoms in total. The summed E-state index contributed by atoms with van der Waals surface area (Å²) in [6.45, 7) is 3.19. The monoisotopic (exact) mass is 409 g/mol. The van der Waals surface area contributed by atoms with Gasteiger partial charge in [-0.15, -0.1) is 0 Å². The zero-order valence-electron chi connectivity index (χ0n) is 15.2. The summed E-state index contributed by atoms with van der Waals surface area (Å²) in [4.78, 5) is 5.07. The average molecular weight is 408 g/mol. The standard InChI is InChI=1S/C24H19GeN2/c1-17-14-21-23-22-18(16-27(23)15-17)12-13-26-24(22)25(21,19-8-4-2-5-9-19)20-10-6-3-7-11-20/h2-15H,16H2,1H3/q+1. The van der Waals surface area contributed by atoms with Crippen molar-refractivity contribution < 1.29 is 4.57 Å². The molecule has 2 aliphatic rings. The van der Waals surface area contributed by atoms with Gasteiger partial charge >= 0.3 is 162 Å². The molecule has 0 amide bonds. The van der Waals surface area contributed by atoms with E-state index in [1.807, 2.05) is 6.20 Å². The number of benzene rings is 2. The summed E-state index contributed by atoms with van der Waals surface area (Å²) in [5.41, 5.74) is 5.60. The molecule has 4 heterocycles. The van der Waals surface area contributed by atoms with Crippen molar-refractivity contribution in [2.45, 2.75) is 13.5 Å². The number of rotatable bonds is 2. The van der Waals surface area contributed by atoms with E-state index in [0.29, 0.717) is 0 Å². The van der Waals surface area contributed by atoms with Crippen LogP contribution in [0.2, 0.25) is 0 Å². The molecule has 0 unspecified atom stereocenters. The third-order valence-electron chi connectivity index (χ3n) is 6.06. The molecule has 0 aliphatic carbocycles. The maximum atomic E-state index is 5.07. The number of pyridine rings is 2. The Morgan fingerprint density at radius 1 is 0.889 bits per heavy atom. The SMILES string of the molecule is Cc1c[c]2c3[n+](c1)Cc1ccn[c](c1-3)[Ge]2([c]1ccccc1)[c]1ccccc1. The van der Waals surface area contributed by atoms with Crippen LogP contribution in [-0.4, -0.2) is 18.3 Å². The van der Waals surface area contributed by atoms with Gasteiger partial charge in [-0.3, -0.25) is 0 Å². The van der Waals surface area contributed by atoms with Gasteiger partial charge < -0.3 is 0 Å². The van der Waals surface area contributed by atoms with Crippen LogP contribution in [0.3, 0.4) is 0 Å². The third kappa shape index (κ3) is 1.86. The van der Waals surface area contributed by atoms with Gasteiger partial charge in [-0.05, 0) is 0 Å². The molecule has 4 aromatic rings. The van der Waals surface area contributed by atoms with E-state index >= 15 is 0 Å². The molecule has 0 bridgehead atoms. The first kappa shape index (κ1) is 15.4. The Morgan fingerprint density at radius 2 is 1.56 bits per heavy atom. The zero-order valence-corrected chi connectivity index (χ0v) is 17.3. The molecular weight excluding hydrogens is 389 g/mol. The van der Waals surface area contributed by atoms with Gasteiger partial charge in [-0.25, -0.2) is 0 Å². The van der Waals surface area contributed by atoms with Crippen molar-refractivity contribution in [2.24, 2.45) is 0 Å². The molecule has 0 N–H and O–H groups in total. The maximum absolute atomic E-state index is 5.07. The molecular formula is C24H19GeN2+. The molecule has 2 aliphatic heterocycles. The van der Waals surface area contributed by atoms with Crippen LogP contribution >= 0.6 is 0 Å². The van der Waals surface area contributed by atoms with Crippen LogP contribution < -0.4 is 22.3 Å². The van der Waals surface area contributed by atoms with Gasteiger partial charge in [-0.2, -0.15) is 0 Å². The van der Waals surface area contributed by atoms with Crippen molar-refractivity contribution in [1.29, 1.82) is 0 Å². The van der Waals surface area contributed by atoms with E-state index in [1.165, 1.54) is 35.7 Å². The normalized spacial score (nSPS) is 15.0. The van der Waals surface area contributed by atoms with Crippen LogP contribution in [0.5, 0.6) is 0 Å². The van der Waals surface area contributed by atoms with E-state index in [0.717, 1.165) is 6.54 Å². The summed E-state index contributed by atoms with van der Waals surface area (Å²) in [6, 6.07) is 26.9. The molecule has 3 heteroatoms. The average Bonchev–Trinajstić information content (AvgIpc) is 3.23. The van der Waals surface area contributed by atoms with E-state index in [4.69, 9.17) is 4.98 Å². The number of aryl methyl sites for hydroxylation is 1. The second-order valence-corrected chi connectivity index (χ2v) is 15.3. The number of nitrogens with zero attached hydrogens (tertiary/aromatic N) is 2. The van der Waals surface area contributed by atoms with Crippen molar-refractivity contribution in [3.05, 3.63) is 96.3 Å². The van der Waals surface area contributed by atoms with E-state index < -0.39 is 13.3 Å². The summed E-state index contributed by atoms with van der Waals surface area (Å²) >= 11 is -3.09. The molecule has 0 saturated heterocycles. The van der Waals surface area contributed by atoms with Crippen LogP contribution in [0.15, 0.2) is 85.2 Å². The van der Waals surface area contributed by atoms with Crippen molar-refractivity contribution >= 4 is 31.0 Å². The predicted molar refractivity (Wildman–Crippen MR) is 111 cm³/mol. The Bertz CT molecular complexity index is 1160. The van der Waals surface area contributed by atoms with Crippen LogP contribution in [0.25, 0.3) is 11.3 Å². The number of hydrogen-bond donors (Lipinski definition) is 0. The molecule has 0 radical (unpaired) electrons. The van der Waals surface area contributed by atoms with Crippen LogP contribution in [0.1, 0.15) is 11.1 Å². The van der Waals surface area contributed by atoms with Crippen molar-refractivity contribution in [3.8, 4) is 11.3 Å². The first-order valence-corrected chi connectivity index (χ1v) is 13.6. The van der Waals surface area contributed by atoms with E-state index in [-0.39, 0.29) is 0 Å². The Kier molecular flexibility index (Phi) is 3.07. The van der Waals surface area contributed by atoms with Gasteiger partial charge in [0.1, 0.15) is 0 Å². The topological polar surface area (TPSA) is 16.8 Å². The van der Waals surface area contributed by atoms with Gasteiger partial charge in [0.25, 0.3) is 0 Å². The van der Waals surface area contributed by atoms with E-state index in [9.17, 15) is 0 Å². The number of aromatic nitrogens is 2. The molecule has 6 rings (SSSR count). The molecule has 0 spiro atoms. The zero-order chi connectivity index (χ0) is 18.0. The van der Waals surface area contributed by atoms with Gasteiger partial charge in [-0.1, -0.05) is 0 Å². The van der Waals surface area contributed by atoms with Crippen molar-refractivity contribution in [3.63, 3.8) is 0 Å². The van der Waals surface area contributed by atoms with Gasteiger partial charge in [0, 0.05) is 0 Å². The fourth-order valence-corrected chi connectivity index (χ4v) is 15.9. The molecule has 27 heavy (non-hydrogen) atoms. The first-order valence-electron chi connectivity index (χ1n) is 9.44. The molecule has 2 aromatic heterocycles. The minimum atomic E-state index is -3.09. The van der Waals surface area contributed by atoms with Crippen LogP contribution in [-0.2, 0) is 6.54 Å². The van der Waals surface area contributed by atoms with Crippen LogP contribution in [0.4, 0.5) is 0 Å². The predicted octanol–water partition coefficient (Wildman–Crippen LogP) is 1.40. The summed E-state index contributed by atoms with van der Waals surface area (Å²) < 4.78 is 8.29. The Morgan fingerprint density at radius 3 is 2.22 bits per heavy atom. The summed E-state index contributed by atoms with van der Waals surface area (Å²) in [6.07, 6.45) is 4.33. The fourth-order valence-electron chi connectivity index (χ4n) is 5.11. The third-order valence-corrected chi connectivity index (χ3v) is 15.9. The summed E-state index contributed by atoms with van der Waals surface area (Å²) in [7, 11) is 0. The molecule has 2 aromatic carbocycles. The Balaban J connectivity index is 1.85. The van der Waals surface area contributed by atoms with Gasteiger partial charge in [0.2, 0.25) is 0 Å². The fraction of sp³-hybridized carbons (Fsp3) is 0.0833. The quantitative estimate of drug-likeness (QED) is 0.313. The molecule has 0 atom stereocenters. The van der Waals surface area contributed by atoms with E-state index in [1.54, 1.807) is 4.40 Å². The van der Waals surface area contributed by atoms with Crippen molar-refractivity contribution in [1.82, 2.24) is 4.98 Å². The van der Waals surface area contributed by atoms with E-state index in [2.05, 4.69) is 90.5 Å². The second kappa shape index (κ2) is 5.40. The summed E-state index contributed by atoms with van der Waals surface area (Å²) in [5, 5.41) is 0. The Labute approximate surface area is 161 Å². The van der Waals surface area contributed by atoms with Crippen molar-refractivity contribution in [2.75, 3.05) is 0 Å². The molecule has 0 saturated carbocycles. The van der Waals surface area contributed by atoms with Gasteiger partial charge in [0.15, 0.2) is 0 Å². The minimum absolute atomic E-state index is 0.969. The first-order chi connectivity index (χ1) is 13.3. The molecule has 0 fully saturated rings. The number of hydrogen-bond acceptors (Lipinski definition) is 1. The summed E-state index contributed by atoms with van der Waals surface area (Å²) in [5.74, 6) is 0. The second-order valence-electron chi connectivity index (χ2n) is 7.58. The van der Waals surface area contributed by atoms with Crippen LogP contribution in [0, 0.1) is 6.92 Å². The Hall–Kier alpha value is -2.72. The van der Waals surface area contributed by atoms with Gasteiger partial charge in [0.05, 0.1) is 0 Å².